The van der Waals surface area contributed by atoms with Crippen LogP contribution in [0.15, 0.2) is 30.3 Å². The number of amides is 1. The lowest BCUT2D eigenvalue weighted by molar-refractivity contribution is -0.118. The Hall–Kier alpha value is -1.37. The quantitative estimate of drug-likeness (QED) is 0.788. The van der Waals surface area contributed by atoms with Crippen LogP contribution >= 0.6 is 23.1 Å². The monoisotopic (exact) mass is 348 g/mol. The third-order valence-corrected chi connectivity index (χ3v) is 6.47. The minimum Gasteiger partial charge on any atom is -0.387 e. The van der Waals surface area contributed by atoms with Crippen LogP contribution < -0.4 is 5.32 Å². The van der Waals surface area contributed by atoms with Gasteiger partial charge in [-0.05, 0) is 36.8 Å². The Kier molecular flexibility index (Phi) is 5.04. The second-order valence-electron chi connectivity index (χ2n) is 5.66. The molecule has 2 atom stereocenters. The second-order valence-corrected chi connectivity index (χ2v) is 8.20. The molecule has 0 unspecified atom stereocenters. The number of aromatic nitrogens is 1. The maximum absolute atomic E-state index is 11.9. The number of thioether (sulfide) groups is 1. The van der Waals surface area contributed by atoms with Crippen molar-refractivity contribution >= 4 is 45.3 Å². The van der Waals surface area contributed by atoms with Crippen molar-refractivity contribution in [2.24, 2.45) is 0 Å². The van der Waals surface area contributed by atoms with Crippen LogP contribution in [0.3, 0.4) is 0 Å². The van der Waals surface area contributed by atoms with Crippen LogP contribution in [0.4, 0.5) is 0 Å². The number of hydrogen-bond donors (Lipinski definition) is 2. The zero-order valence-corrected chi connectivity index (χ0v) is 14.6. The molecule has 1 saturated carbocycles. The Bertz CT molecular complexity index is 695. The van der Waals surface area contributed by atoms with Gasteiger partial charge in [-0.3, -0.25) is 4.79 Å². The van der Waals surface area contributed by atoms with E-state index in [4.69, 9.17) is 0 Å². The number of benzene rings is 1. The van der Waals surface area contributed by atoms with Crippen molar-refractivity contribution in [2.45, 2.75) is 30.6 Å². The Balaban J connectivity index is 1.55. The molecule has 1 aliphatic rings. The van der Waals surface area contributed by atoms with Gasteiger partial charge in [0, 0.05) is 17.9 Å². The molecule has 2 aromatic rings. The van der Waals surface area contributed by atoms with Crippen LogP contribution in [0.2, 0.25) is 0 Å². The van der Waals surface area contributed by atoms with Crippen LogP contribution in [0.1, 0.15) is 24.8 Å². The molecule has 2 N–H and O–H groups in total. The molecule has 1 amide bonds. The van der Waals surface area contributed by atoms with Crippen molar-refractivity contribution < 1.29 is 9.90 Å². The van der Waals surface area contributed by atoms with Crippen molar-refractivity contribution in [3.8, 4) is 0 Å². The van der Waals surface area contributed by atoms with E-state index in [0.29, 0.717) is 6.54 Å². The zero-order valence-electron chi connectivity index (χ0n) is 13.0. The molecule has 0 saturated heterocycles. The highest BCUT2D eigenvalue weighted by atomic mass is 32.2. The van der Waals surface area contributed by atoms with Gasteiger partial charge in [0.15, 0.2) is 0 Å². The molecule has 122 valence electrons. The summed E-state index contributed by atoms with van der Waals surface area (Å²) in [5, 5.41) is 14.3. The SMILES string of the molecule is CCS[C@H]1CC[C@@]1(O)CNC(=O)/C=C/c1nc2ccccc2s1. The summed E-state index contributed by atoms with van der Waals surface area (Å²) in [5.41, 5.74) is 0.195. The molecule has 23 heavy (non-hydrogen) atoms. The van der Waals surface area contributed by atoms with E-state index < -0.39 is 5.60 Å². The molecule has 1 aliphatic carbocycles. The van der Waals surface area contributed by atoms with Crippen molar-refractivity contribution in [3.05, 3.63) is 35.3 Å². The van der Waals surface area contributed by atoms with Crippen LogP contribution in [0.5, 0.6) is 0 Å². The van der Waals surface area contributed by atoms with E-state index in [2.05, 4.69) is 17.2 Å². The summed E-state index contributed by atoms with van der Waals surface area (Å²) in [6, 6.07) is 7.90. The van der Waals surface area contributed by atoms with Crippen LogP contribution in [0, 0.1) is 0 Å². The summed E-state index contributed by atoms with van der Waals surface area (Å²) < 4.78 is 1.11. The van der Waals surface area contributed by atoms with E-state index in [1.807, 2.05) is 24.3 Å². The standard InChI is InChI=1S/C17H20N2O2S2/c1-2-22-14-9-10-17(14,21)11-18-15(20)7-8-16-19-12-5-3-4-6-13(12)23-16/h3-8,14,21H,2,9-11H2,1H3,(H,18,20)/b8-7+/t14-,17+/m0/s1. The molecule has 3 rings (SSSR count). The van der Waals surface area contributed by atoms with Gasteiger partial charge in [0.05, 0.1) is 15.8 Å². The van der Waals surface area contributed by atoms with E-state index in [9.17, 15) is 9.90 Å². The van der Waals surface area contributed by atoms with Crippen LogP contribution in [-0.4, -0.2) is 39.1 Å². The summed E-state index contributed by atoms with van der Waals surface area (Å²) >= 11 is 3.32. The molecule has 0 aliphatic heterocycles. The first-order chi connectivity index (χ1) is 11.1. The number of rotatable bonds is 6. The van der Waals surface area contributed by atoms with E-state index in [1.165, 1.54) is 6.08 Å². The summed E-state index contributed by atoms with van der Waals surface area (Å²) in [6.45, 7) is 2.40. The first kappa shape index (κ1) is 16.5. The van der Waals surface area contributed by atoms with Crippen LogP contribution in [-0.2, 0) is 4.79 Å². The van der Waals surface area contributed by atoms with Gasteiger partial charge in [-0.2, -0.15) is 11.8 Å². The molecule has 0 radical (unpaired) electrons. The molecule has 1 heterocycles. The Labute approximate surface area is 144 Å². The maximum atomic E-state index is 11.9. The van der Waals surface area contributed by atoms with Crippen molar-refractivity contribution in [2.75, 3.05) is 12.3 Å². The molecule has 1 fully saturated rings. The first-order valence-corrected chi connectivity index (χ1v) is 9.63. The van der Waals surface area contributed by atoms with Gasteiger partial charge in [0.25, 0.3) is 0 Å². The smallest absolute Gasteiger partial charge is 0.244 e. The Morgan fingerprint density at radius 2 is 2.39 bits per heavy atom. The number of hydrogen-bond acceptors (Lipinski definition) is 5. The Morgan fingerprint density at radius 3 is 3.09 bits per heavy atom. The van der Waals surface area contributed by atoms with Gasteiger partial charge < -0.3 is 10.4 Å². The number of para-hydroxylation sites is 1. The molecule has 1 aromatic carbocycles. The number of nitrogens with zero attached hydrogens (tertiary/aromatic N) is 1. The lowest BCUT2D eigenvalue weighted by Crippen LogP contribution is -2.56. The van der Waals surface area contributed by atoms with E-state index in [-0.39, 0.29) is 11.2 Å². The lowest BCUT2D eigenvalue weighted by atomic mass is 9.79. The Morgan fingerprint density at radius 1 is 1.57 bits per heavy atom. The largest absolute Gasteiger partial charge is 0.387 e. The summed E-state index contributed by atoms with van der Waals surface area (Å²) in [5.74, 6) is 0.795. The van der Waals surface area contributed by atoms with Gasteiger partial charge in [-0.15, -0.1) is 11.3 Å². The molecule has 0 spiro atoms. The third kappa shape index (κ3) is 3.76. The van der Waals surface area contributed by atoms with E-state index in [0.717, 1.165) is 33.8 Å². The third-order valence-electron chi connectivity index (χ3n) is 4.06. The molecular formula is C17H20N2O2S2. The second kappa shape index (κ2) is 7.03. The highest BCUT2D eigenvalue weighted by molar-refractivity contribution is 8.00. The summed E-state index contributed by atoms with van der Waals surface area (Å²) in [6.07, 6.45) is 4.99. The van der Waals surface area contributed by atoms with Crippen LogP contribution in [0.25, 0.3) is 16.3 Å². The number of thiazole rings is 1. The predicted molar refractivity (Wildman–Crippen MR) is 97.8 cm³/mol. The van der Waals surface area contributed by atoms with Gasteiger partial charge in [-0.1, -0.05) is 19.1 Å². The number of carbonyl (C=O) groups is 1. The minimum atomic E-state index is -0.750. The molecule has 0 bridgehead atoms. The van der Waals surface area contributed by atoms with Gasteiger partial charge >= 0.3 is 0 Å². The molecule has 4 nitrogen and oxygen atoms in total. The number of aliphatic hydroxyl groups is 1. The van der Waals surface area contributed by atoms with Gasteiger partial charge in [0.1, 0.15) is 5.01 Å². The first-order valence-electron chi connectivity index (χ1n) is 7.76. The summed E-state index contributed by atoms with van der Waals surface area (Å²) in [7, 11) is 0. The van der Waals surface area contributed by atoms with E-state index in [1.54, 1.807) is 29.2 Å². The fraction of sp³-hybridized carbons (Fsp3) is 0.412. The van der Waals surface area contributed by atoms with Crippen molar-refractivity contribution in [1.82, 2.24) is 10.3 Å². The molecular weight excluding hydrogens is 328 g/mol. The maximum Gasteiger partial charge on any atom is 0.244 e. The topological polar surface area (TPSA) is 62.2 Å². The molecule has 1 aromatic heterocycles. The van der Waals surface area contributed by atoms with Crippen molar-refractivity contribution in [3.63, 3.8) is 0 Å². The normalized spacial score (nSPS) is 24.0. The molecule has 6 heteroatoms. The average Bonchev–Trinajstić information content (AvgIpc) is 2.97. The minimum absolute atomic E-state index is 0.190. The lowest BCUT2D eigenvalue weighted by Gasteiger charge is -2.44. The number of nitrogens with one attached hydrogen (secondary N) is 1. The summed E-state index contributed by atoms with van der Waals surface area (Å²) in [4.78, 5) is 16.4. The number of fused-ring (bicyclic) bond motifs is 1. The fourth-order valence-electron chi connectivity index (χ4n) is 2.64. The van der Waals surface area contributed by atoms with Crippen molar-refractivity contribution in [1.29, 1.82) is 0 Å². The highest BCUT2D eigenvalue weighted by Gasteiger charge is 2.45. The van der Waals surface area contributed by atoms with Gasteiger partial charge in [-0.25, -0.2) is 4.98 Å². The fourth-order valence-corrected chi connectivity index (χ4v) is 4.71. The average molecular weight is 348 g/mol. The van der Waals surface area contributed by atoms with E-state index >= 15 is 0 Å². The van der Waals surface area contributed by atoms with Gasteiger partial charge in [0.2, 0.25) is 5.91 Å². The number of carbonyl (C=O) groups excluding carboxylic acids is 1. The zero-order chi connectivity index (χ0) is 16.3. The predicted octanol–water partition coefficient (Wildman–Crippen LogP) is 3.07. The highest BCUT2D eigenvalue weighted by Crippen LogP contribution is 2.40.